The molecule has 1 aliphatic rings. The zero-order chi connectivity index (χ0) is 13.9. The van der Waals surface area contributed by atoms with E-state index in [2.05, 4.69) is 10.1 Å². The Morgan fingerprint density at radius 1 is 1.40 bits per heavy atom. The summed E-state index contributed by atoms with van der Waals surface area (Å²) in [6, 6.07) is 5.90. The van der Waals surface area contributed by atoms with Crippen molar-refractivity contribution in [1.82, 2.24) is 5.32 Å². The summed E-state index contributed by atoms with van der Waals surface area (Å²) in [5, 5.41) is 2.67. The number of nitrogens with one attached hydrogen (secondary N) is 1. The summed E-state index contributed by atoms with van der Waals surface area (Å²) in [5.41, 5.74) is 5.72. The van der Waals surface area contributed by atoms with Crippen molar-refractivity contribution in [2.24, 2.45) is 5.73 Å². The number of halogens is 3. The second-order valence-electron chi connectivity index (χ2n) is 4.77. The fourth-order valence-electron chi connectivity index (χ4n) is 2.01. The largest absolute Gasteiger partial charge is 0.434 e. The van der Waals surface area contributed by atoms with Crippen LogP contribution >= 0.6 is 12.4 Å². The standard InChI is InChI=1S/C13H16F2N2O2.ClH/c14-12(15)19-10-5-2-1-4-9(10)11(18)17-8-13(16)6-3-7-13;/h1-2,4-5,12H,3,6-8,16H2,(H,17,18);1H. The number of carbonyl (C=O) groups excluding carboxylic acids is 1. The van der Waals surface area contributed by atoms with E-state index in [0.717, 1.165) is 19.3 Å². The topological polar surface area (TPSA) is 64.3 Å². The van der Waals surface area contributed by atoms with Gasteiger partial charge in [0.2, 0.25) is 0 Å². The fraction of sp³-hybridized carbons (Fsp3) is 0.462. The molecule has 112 valence electrons. The summed E-state index contributed by atoms with van der Waals surface area (Å²) in [7, 11) is 0. The van der Waals surface area contributed by atoms with Crippen LogP contribution in [0.5, 0.6) is 5.75 Å². The van der Waals surface area contributed by atoms with E-state index in [9.17, 15) is 13.6 Å². The number of nitrogens with two attached hydrogens (primary N) is 1. The lowest BCUT2D eigenvalue weighted by Crippen LogP contribution is -2.54. The Bertz CT molecular complexity index is 467. The van der Waals surface area contributed by atoms with Gasteiger partial charge in [-0.25, -0.2) is 0 Å². The van der Waals surface area contributed by atoms with Crippen molar-refractivity contribution in [3.8, 4) is 5.75 Å². The van der Waals surface area contributed by atoms with Crippen LogP contribution in [0, 0.1) is 0 Å². The minimum atomic E-state index is -2.96. The van der Waals surface area contributed by atoms with Gasteiger partial charge < -0.3 is 15.8 Å². The zero-order valence-electron chi connectivity index (χ0n) is 10.8. The molecule has 0 bridgehead atoms. The summed E-state index contributed by atoms with van der Waals surface area (Å²) in [6.07, 6.45) is 2.78. The Hall–Kier alpha value is -1.40. The third-order valence-electron chi connectivity index (χ3n) is 3.30. The van der Waals surface area contributed by atoms with Gasteiger partial charge in [0, 0.05) is 12.1 Å². The molecule has 2 rings (SSSR count). The van der Waals surface area contributed by atoms with Gasteiger partial charge in [0.05, 0.1) is 5.56 Å². The Labute approximate surface area is 122 Å². The van der Waals surface area contributed by atoms with E-state index < -0.39 is 12.5 Å². The Kier molecular flexibility index (Phi) is 5.71. The minimum Gasteiger partial charge on any atom is -0.434 e. The molecule has 20 heavy (non-hydrogen) atoms. The molecule has 0 unspecified atom stereocenters. The average molecular weight is 307 g/mol. The van der Waals surface area contributed by atoms with Gasteiger partial charge in [-0.05, 0) is 31.4 Å². The molecular formula is C13H17ClF2N2O2. The van der Waals surface area contributed by atoms with Gasteiger partial charge in [-0.15, -0.1) is 12.4 Å². The summed E-state index contributed by atoms with van der Waals surface area (Å²) in [5.74, 6) is -0.581. The van der Waals surface area contributed by atoms with Crippen molar-refractivity contribution >= 4 is 18.3 Å². The number of amides is 1. The van der Waals surface area contributed by atoms with E-state index in [1.807, 2.05) is 0 Å². The number of benzene rings is 1. The SMILES string of the molecule is Cl.NC1(CNC(=O)c2ccccc2OC(F)F)CCC1. The molecule has 1 amide bonds. The molecule has 4 nitrogen and oxygen atoms in total. The molecule has 0 aromatic heterocycles. The molecule has 0 atom stereocenters. The molecule has 0 radical (unpaired) electrons. The number of para-hydroxylation sites is 1. The van der Waals surface area contributed by atoms with Gasteiger partial charge in [-0.3, -0.25) is 4.79 Å². The molecule has 0 aliphatic heterocycles. The Balaban J connectivity index is 0.00000200. The maximum absolute atomic E-state index is 12.2. The molecular weight excluding hydrogens is 290 g/mol. The van der Waals surface area contributed by atoms with E-state index in [1.54, 1.807) is 6.07 Å². The zero-order valence-corrected chi connectivity index (χ0v) is 11.6. The molecule has 0 heterocycles. The maximum atomic E-state index is 12.2. The lowest BCUT2D eigenvalue weighted by molar-refractivity contribution is -0.0501. The van der Waals surface area contributed by atoms with Gasteiger partial charge in [0.15, 0.2) is 0 Å². The van der Waals surface area contributed by atoms with Gasteiger partial charge >= 0.3 is 6.61 Å². The summed E-state index contributed by atoms with van der Waals surface area (Å²) >= 11 is 0. The summed E-state index contributed by atoms with van der Waals surface area (Å²) in [6.45, 7) is -2.61. The Morgan fingerprint density at radius 2 is 2.05 bits per heavy atom. The van der Waals surface area contributed by atoms with Crippen LogP contribution in [0.3, 0.4) is 0 Å². The summed E-state index contributed by atoms with van der Waals surface area (Å²) < 4.78 is 28.8. The Morgan fingerprint density at radius 3 is 2.60 bits per heavy atom. The number of hydrogen-bond donors (Lipinski definition) is 2. The monoisotopic (exact) mass is 306 g/mol. The van der Waals surface area contributed by atoms with Gasteiger partial charge in [-0.2, -0.15) is 8.78 Å². The number of alkyl halides is 2. The highest BCUT2D eigenvalue weighted by Gasteiger charge is 2.32. The van der Waals surface area contributed by atoms with Gasteiger partial charge in [0.1, 0.15) is 5.75 Å². The van der Waals surface area contributed by atoms with Crippen molar-refractivity contribution in [2.75, 3.05) is 6.54 Å². The molecule has 0 spiro atoms. The van der Waals surface area contributed by atoms with Crippen molar-refractivity contribution in [1.29, 1.82) is 0 Å². The second-order valence-corrected chi connectivity index (χ2v) is 4.77. The van der Waals surface area contributed by atoms with Crippen molar-refractivity contribution in [3.05, 3.63) is 29.8 Å². The number of hydrogen-bond acceptors (Lipinski definition) is 3. The number of ether oxygens (including phenoxy) is 1. The van der Waals surface area contributed by atoms with Gasteiger partial charge in [0.25, 0.3) is 5.91 Å². The molecule has 1 aromatic carbocycles. The van der Waals surface area contributed by atoms with Crippen LogP contribution in [0.1, 0.15) is 29.6 Å². The quantitative estimate of drug-likeness (QED) is 0.877. The maximum Gasteiger partial charge on any atom is 0.387 e. The van der Waals surface area contributed by atoms with Crippen LogP contribution in [-0.4, -0.2) is 24.6 Å². The first-order valence-corrected chi connectivity index (χ1v) is 6.11. The number of carbonyl (C=O) groups is 1. The van der Waals surface area contributed by atoms with E-state index in [4.69, 9.17) is 5.73 Å². The second kappa shape index (κ2) is 6.85. The molecule has 1 aromatic rings. The molecule has 0 saturated heterocycles. The first-order valence-electron chi connectivity index (χ1n) is 6.11. The van der Waals surface area contributed by atoms with Crippen LogP contribution in [0.25, 0.3) is 0 Å². The molecule has 1 aliphatic carbocycles. The molecule has 1 saturated carbocycles. The van der Waals surface area contributed by atoms with E-state index >= 15 is 0 Å². The lowest BCUT2D eigenvalue weighted by Gasteiger charge is -2.38. The normalized spacial score (nSPS) is 16.0. The van der Waals surface area contributed by atoms with E-state index in [1.165, 1.54) is 18.2 Å². The predicted molar refractivity (Wildman–Crippen MR) is 73.4 cm³/mol. The van der Waals surface area contributed by atoms with Crippen molar-refractivity contribution in [3.63, 3.8) is 0 Å². The van der Waals surface area contributed by atoms with E-state index in [0.29, 0.717) is 6.54 Å². The average Bonchev–Trinajstić information content (AvgIpc) is 2.33. The van der Waals surface area contributed by atoms with Crippen LogP contribution < -0.4 is 15.8 Å². The minimum absolute atomic E-state index is 0. The van der Waals surface area contributed by atoms with Crippen molar-refractivity contribution in [2.45, 2.75) is 31.4 Å². The highest BCUT2D eigenvalue weighted by Crippen LogP contribution is 2.28. The van der Waals surface area contributed by atoms with Crippen LogP contribution in [0.4, 0.5) is 8.78 Å². The third-order valence-corrected chi connectivity index (χ3v) is 3.30. The summed E-state index contributed by atoms with van der Waals surface area (Å²) in [4.78, 5) is 11.9. The predicted octanol–water partition coefficient (Wildman–Crippen LogP) is 2.32. The van der Waals surface area contributed by atoms with E-state index in [-0.39, 0.29) is 29.3 Å². The smallest absolute Gasteiger partial charge is 0.387 e. The van der Waals surface area contributed by atoms with Crippen molar-refractivity contribution < 1.29 is 18.3 Å². The molecule has 1 fully saturated rings. The highest BCUT2D eigenvalue weighted by molar-refractivity contribution is 5.96. The highest BCUT2D eigenvalue weighted by atomic mass is 35.5. The van der Waals surface area contributed by atoms with Crippen LogP contribution in [0.2, 0.25) is 0 Å². The first-order chi connectivity index (χ1) is 9.00. The number of rotatable bonds is 5. The van der Waals surface area contributed by atoms with Crippen LogP contribution in [-0.2, 0) is 0 Å². The lowest BCUT2D eigenvalue weighted by atomic mass is 9.78. The molecule has 7 heteroatoms. The first kappa shape index (κ1) is 16.7. The fourth-order valence-corrected chi connectivity index (χ4v) is 2.01. The van der Waals surface area contributed by atoms with Crippen LogP contribution in [0.15, 0.2) is 24.3 Å². The third kappa shape index (κ3) is 4.05. The molecule has 3 N–H and O–H groups in total. The van der Waals surface area contributed by atoms with Gasteiger partial charge in [-0.1, -0.05) is 12.1 Å².